The van der Waals surface area contributed by atoms with E-state index in [1.165, 1.54) is 0 Å². The number of halogens is 1. The first-order chi connectivity index (χ1) is 7.18. The van der Waals surface area contributed by atoms with E-state index < -0.39 is 17.4 Å². The van der Waals surface area contributed by atoms with Crippen molar-refractivity contribution >= 4 is 28.7 Å². The highest BCUT2D eigenvalue weighted by atomic mass is 32.3. The molecule has 6 heteroatoms. The van der Waals surface area contributed by atoms with E-state index in [1.54, 1.807) is 37.6 Å². The van der Waals surface area contributed by atoms with Gasteiger partial charge in [-0.3, -0.25) is 0 Å². The molecule has 0 N–H and O–H groups in total. The molecular weight excluding hydrogens is 250 g/mol. The molecule has 0 aliphatic rings. The molecular formula is C10H12FO3PS. The average molecular weight is 262 g/mol. The highest BCUT2D eigenvalue weighted by Crippen LogP contribution is 2.34. The molecule has 16 heavy (non-hydrogen) atoms. The number of benzene rings is 1. The van der Waals surface area contributed by atoms with Crippen LogP contribution < -0.4 is 5.30 Å². The van der Waals surface area contributed by atoms with Gasteiger partial charge in [-0.15, -0.1) is 3.89 Å². The highest BCUT2D eigenvalue weighted by molar-refractivity contribution is 7.89. The Morgan fingerprint density at radius 2 is 1.94 bits per heavy atom. The third kappa shape index (κ3) is 4.29. The molecule has 0 atom stereocenters. The van der Waals surface area contributed by atoms with Crippen LogP contribution in [-0.2, 0) is 14.8 Å². The summed E-state index contributed by atoms with van der Waals surface area (Å²) in [6.45, 7) is 3.23. The van der Waals surface area contributed by atoms with Gasteiger partial charge in [0.2, 0.25) is 0 Å². The number of hydrogen-bond donors (Lipinski definition) is 0. The molecule has 1 aromatic carbocycles. The molecule has 0 aromatic heterocycles. The Morgan fingerprint density at radius 1 is 1.31 bits per heavy atom. The first-order valence-corrected chi connectivity index (χ1v) is 8.52. The van der Waals surface area contributed by atoms with E-state index in [2.05, 4.69) is 0 Å². The van der Waals surface area contributed by atoms with Crippen LogP contribution in [0.2, 0.25) is 0 Å². The predicted molar refractivity (Wildman–Crippen MR) is 64.6 cm³/mol. The molecule has 0 spiro atoms. The lowest BCUT2D eigenvalue weighted by atomic mass is 10.2. The summed E-state index contributed by atoms with van der Waals surface area (Å²) in [5.41, 5.74) is 0.502. The lowest BCUT2D eigenvalue weighted by molar-refractivity contribution is 0.563. The fourth-order valence-electron chi connectivity index (χ4n) is 1.12. The first kappa shape index (κ1) is 13.1. The van der Waals surface area contributed by atoms with Gasteiger partial charge < -0.3 is 4.57 Å². The minimum absolute atomic E-state index is 0.475. The van der Waals surface area contributed by atoms with Crippen molar-refractivity contribution in [2.24, 2.45) is 0 Å². The summed E-state index contributed by atoms with van der Waals surface area (Å²) in [6.07, 6.45) is 1.13. The molecule has 0 fully saturated rings. The monoisotopic (exact) mass is 262 g/mol. The van der Waals surface area contributed by atoms with Gasteiger partial charge in [-0.05, 0) is 31.0 Å². The van der Waals surface area contributed by atoms with Crippen LogP contribution in [0.5, 0.6) is 0 Å². The summed E-state index contributed by atoms with van der Waals surface area (Å²) in [5, 5.41) is 1.11. The van der Waals surface area contributed by atoms with Gasteiger partial charge >= 0.3 is 10.2 Å². The van der Waals surface area contributed by atoms with E-state index in [1.807, 2.05) is 0 Å². The van der Waals surface area contributed by atoms with Crippen molar-refractivity contribution in [2.45, 2.75) is 0 Å². The maximum Gasteiger partial charge on any atom is 0.325 e. The highest BCUT2D eigenvalue weighted by Gasteiger charge is 2.10. The summed E-state index contributed by atoms with van der Waals surface area (Å²) in [4.78, 5) is 0. The zero-order chi connectivity index (χ0) is 12.4. The molecule has 3 nitrogen and oxygen atoms in total. The second-order valence-corrected chi connectivity index (χ2v) is 8.17. The summed E-state index contributed by atoms with van der Waals surface area (Å²) >= 11 is 0. The van der Waals surface area contributed by atoms with Crippen molar-refractivity contribution in [3.63, 3.8) is 0 Å². The van der Waals surface area contributed by atoms with Crippen molar-refractivity contribution in [1.29, 1.82) is 0 Å². The normalized spacial score (nSPS) is 13.2. The topological polar surface area (TPSA) is 51.2 Å². The van der Waals surface area contributed by atoms with E-state index >= 15 is 0 Å². The largest absolute Gasteiger partial charge is 0.325 e. The van der Waals surface area contributed by atoms with Gasteiger partial charge in [-0.25, -0.2) is 0 Å². The Balaban J connectivity index is 3.10. The van der Waals surface area contributed by atoms with Gasteiger partial charge in [0, 0.05) is 5.30 Å². The maximum absolute atomic E-state index is 12.2. The van der Waals surface area contributed by atoms with Crippen molar-refractivity contribution in [1.82, 2.24) is 0 Å². The molecule has 0 radical (unpaired) electrons. The summed E-state index contributed by atoms with van der Waals surface area (Å²) in [6, 6.07) is 6.55. The van der Waals surface area contributed by atoms with Crippen molar-refractivity contribution in [3.05, 3.63) is 35.2 Å². The van der Waals surface area contributed by atoms with Crippen LogP contribution in [0.3, 0.4) is 0 Å². The van der Waals surface area contributed by atoms with Crippen LogP contribution in [0, 0.1) is 0 Å². The maximum atomic E-state index is 12.2. The second kappa shape index (κ2) is 4.52. The third-order valence-corrected chi connectivity index (χ3v) is 3.90. The first-order valence-electron chi connectivity index (χ1n) is 4.47. The minimum atomic E-state index is -4.62. The Morgan fingerprint density at radius 3 is 2.44 bits per heavy atom. The third-order valence-electron chi connectivity index (χ3n) is 1.92. The van der Waals surface area contributed by atoms with Gasteiger partial charge in [0.25, 0.3) is 0 Å². The van der Waals surface area contributed by atoms with Gasteiger partial charge in [-0.1, -0.05) is 18.2 Å². The molecule has 0 aliphatic heterocycles. The zero-order valence-electron chi connectivity index (χ0n) is 8.92. The van der Waals surface area contributed by atoms with Crippen LogP contribution in [-0.4, -0.2) is 21.7 Å². The lowest BCUT2D eigenvalue weighted by Gasteiger charge is -2.06. The van der Waals surface area contributed by atoms with Gasteiger partial charge in [0.05, 0.1) is 5.41 Å². The molecule has 1 rings (SSSR count). The fraction of sp³-hybridized carbons (Fsp3) is 0.200. The average Bonchev–Trinajstić information content (AvgIpc) is 2.13. The SMILES string of the molecule is CP(C)(=O)c1cccc(/C=C/S(=O)(=O)F)c1. The van der Waals surface area contributed by atoms with E-state index in [-0.39, 0.29) is 0 Å². The summed E-state index contributed by atoms with van der Waals surface area (Å²) in [7, 11) is -7.01. The molecule has 0 heterocycles. The van der Waals surface area contributed by atoms with Crippen molar-refractivity contribution in [2.75, 3.05) is 13.3 Å². The van der Waals surface area contributed by atoms with Crippen LogP contribution in [0.1, 0.15) is 5.56 Å². The minimum Gasteiger partial charge on any atom is -0.319 e. The van der Waals surface area contributed by atoms with E-state index in [4.69, 9.17) is 0 Å². The molecule has 0 bridgehead atoms. The Labute approximate surface area is 94.6 Å². The van der Waals surface area contributed by atoms with Crippen LogP contribution >= 0.6 is 7.14 Å². The molecule has 88 valence electrons. The van der Waals surface area contributed by atoms with E-state index in [9.17, 15) is 16.9 Å². The van der Waals surface area contributed by atoms with Crippen LogP contribution in [0.15, 0.2) is 29.7 Å². The quantitative estimate of drug-likeness (QED) is 0.620. The Hall–Kier alpha value is -0.930. The Bertz CT molecular complexity index is 557. The molecule has 0 unspecified atom stereocenters. The van der Waals surface area contributed by atoms with Crippen LogP contribution in [0.4, 0.5) is 3.89 Å². The van der Waals surface area contributed by atoms with Gasteiger partial charge in [0.15, 0.2) is 0 Å². The van der Waals surface area contributed by atoms with Crippen molar-refractivity contribution < 1.29 is 16.9 Å². The standard InChI is InChI=1S/C10H12FO3PS/c1-15(2,12)10-5-3-4-9(8-10)6-7-16(11,13)14/h3-8H,1-2H3/b7-6+. The smallest absolute Gasteiger partial charge is 0.319 e. The molecule has 1 aromatic rings. The van der Waals surface area contributed by atoms with E-state index in [0.29, 0.717) is 16.3 Å². The number of rotatable bonds is 3. The molecule has 0 amide bonds. The fourth-order valence-corrected chi connectivity index (χ4v) is 2.35. The van der Waals surface area contributed by atoms with Gasteiger partial charge in [-0.2, -0.15) is 8.42 Å². The second-order valence-electron chi connectivity index (χ2n) is 3.72. The molecule has 0 saturated heterocycles. The molecule has 0 aliphatic carbocycles. The summed E-state index contributed by atoms with van der Waals surface area (Å²) < 4.78 is 44.5. The van der Waals surface area contributed by atoms with Crippen molar-refractivity contribution in [3.8, 4) is 0 Å². The lowest BCUT2D eigenvalue weighted by Crippen LogP contribution is -2.02. The number of hydrogen-bond acceptors (Lipinski definition) is 3. The van der Waals surface area contributed by atoms with Crippen LogP contribution in [0.25, 0.3) is 6.08 Å². The molecule has 0 saturated carbocycles. The summed E-state index contributed by atoms with van der Waals surface area (Å²) in [5.74, 6) is 0. The van der Waals surface area contributed by atoms with Gasteiger partial charge in [0.1, 0.15) is 7.14 Å². The van der Waals surface area contributed by atoms with E-state index in [0.717, 1.165) is 6.08 Å². The Kier molecular flexibility index (Phi) is 3.71. The predicted octanol–water partition coefficient (Wildman–Crippen LogP) is 2.20. The zero-order valence-corrected chi connectivity index (χ0v) is 10.6.